The van der Waals surface area contributed by atoms with Gasteiger partial charge in [-0.3, -0.25) is 10.4 Å². The van der Waals surface area contributed by atoms with E-state index in [1.807, 2.05) is 51.1 Å². The zero-order valence-corrected chi connectivity index (χ0v) is 13.2. The number of para-hydroxylation sites is 1. The van der Waals surface area contributed by atoms with Crippen molar-refractivity contribution in [2.24, 2.45) is 5.10 Å². The minimum absolute atomic E-state index is 0.473. The van der Waals surface area contributed by atoms with Gasteiger partial charge in [-0.15, -0.1) is 0 Å². The number of thiocarbonyl (C=S) groups is 1. The van der Waals surface area contributed by atoms with Crippen molar-refractivity contribution in [1.82, 2.24) is 10.4 Å². The average Bonchev–Trinajstić information content (AvgIpc) is 2.49. The molecule has 2 N–H and O–H groups in total. The quantitative estimate of drug-likeness (QED) is 0.518. The second-order valence-electron chi connectivity index (χ2n) is 4.77. The first-order chi connectivity index (χ1) is 10.1. The maximum Gasteiger partial charge on any atom is 0.191 e. The van der Waals surface area contributed by atoms with Gasteiger partial charge in [0.05, 0.1) is 5.71 Å². The van der Waals surface area contributed by atoms with Crippen LogP contribution < -0.4 is 10.7 Å². The molecule has 21 heavy (non-hydrogen) atoms. The second kappa shape index (κ2) is 6.95. The highest BCUT2D eigenvalue weighted by molar-refractivity contribution is 7.80. The molecule has 2 aromatic rings. The molecule has 0 atom stereocenters. The standard InChI is InChI=1S/C16H18N4S/c1-11-5-4-6-12(2)15(11)18-16(21)20-19-13(3)14-7-9-17-10-8-14/h4-10H,1-3H3,(H2,18,20,21). The topological polar surface area (TPSA) is 49.3 Å². The minimum atomic E-state index is 0.473. The van der Waals surface area contributed by atoms with E-state index >= 15 is 0 Å². The van der Waals surface area contributed by atoms with Gasteiger partial charge in [-0.1, -0.05) is 18.2 Å². The molecular formula is C16H18N4S. The molecule has 0 aliphatic heterocycles. The Morgan fingerprint density at radius 2 is 1.71 bits per heavy atom. The highest BCUT2D eigenvalue weighted by atomic mass is 32.1. The molecule has 108 valence electrons. The molecule has 1 aromatic heterocycles. The SMILES string of the molecule is CC(=NNC(=S)Nc1c(C)cccc1C)c1ccncc1. The van der Waals surface area contributed by atoms with Gasteiger partial charge in [0.2, 0.25) is 0 Å². The Kier molecular flexibility index (Phi) is 5.00. The van der Waals surface area contributed by atoms with Crippen molar-refractivity contribution in [3.05, 3.63) is 59.4 Å². The summed E-state index contributed by atoms with van der Waals surface area (Å²) < 4.78 is 0. The lowest BCUT2D eigenvalue weighted by molar-refractivity contribution is 1.04. The van der Waals surface area contributed by atoms with E-state index < -0.39 is 0 Å². The molecule has 1 aromatic carbocycles. The summed E-state index contributed by atoms with van der Waals surface area (Å²) in [5, 5.41) is 7.94. The Bertz CT molecular complexity index is 645. The van der Waals surface area contributed by atoms with Gasteiger partial charge in [-0.2, -0.15) is 5.10 Å². The third-order valence-electron chi connectivity index (χ3n) is 3.14. The molecule has 0 saturated heterocycles. The Morgan fingerprint density at radius 1 is 1.10 bits per heavy atom. The van der Waals surface area contributed by atoms with Gasteiger partial charge in [-0.25, -0.2) is 0 Å². The highest BCUT2D eigenvalue weighted by Gasteiger charge is 2.04. The summed E-state index contributed by atoms with van der Waals surface area (Å²) in [6.07, 6.45) is 3.48. The summed E-state index contributed by atoms with van der Waals surface area (Å²) in [5.74, 6) is 0. The van der Waals surface area contributed by atoms with Crippen LogP contribution in [0, 0.1) is 13.8 Å². The molecule has 0 saturated carbocycles. The number of nitrogens with one attached hydrogen (secondary N) is 2. The van der Waals surface area contributed by atoms with Crippen LogP contribution in [0.3, 0.4) is 0 Å². The molecule has 0 bridgehead atoms. The molecule has 2 rings (SSSR count). The van der Waals surface area contributed by atoms with E-state index in [0.29, 0.717) is 5.11 Å². The van der Waals surface area contributed by atoms with Crippen molar-refractivity contribution in [1.29, 1.82) is 0 Å². The highest BCUT2D eigenvalue weighted by Crippen LogP contribution is 2.19. The number of nitrogens with zero attached hydrogens (tertiary/aromatic N) is 2. The van der Waals surface area contributed by atoms with Crippen LogP contribution in [0.2, 0.25) is 0 Å². The van der Waals surface area contributed by atoms with Gasteiger partial charge in [0.1, 0.15) is 0 Å². The zero-order valence-electron chi connectivity index (χ0n) is 12.3. The van der Waals surface area contributed by atoms with Crippen LogP contribution in [0.25, 0.3) is 0 Å². The van der Waals surface area contributed by atoms with Crippen molar-refractivity contribution in [3.8, 4) is 0 Å². The molecule has 0 unspecified atom stereocenters. The van der Waals surface area contributed by atoms with E-state index in [0.717, 1.165) is 28.1 Å². The number of benzene rings is 1. The van der Waals surface area contributed by atoms with E-state index in [1.165, 1.54) is 0 Å². The number of aromatic nitrogens is 1. The largest absolute Gasteiger partial charge is 0.331 e. The van der Waals surface area contributed by atoms with Gasteiger partial charge in [-0.05, 0) is 56.2 Å². The first-order valence-electron chi connectivity index (χ1n) is 6.66. The molecule has 0 fully saturated rings. The number of anilines is 1. The summed E-state index contributed by atoms with van der Waals surface area (Å²) in [5.41, 5.74) is 8.04. The average molecular weight is 298 g/mol. The van der Waals surface area contributed by atoms with Crippen LogP contribution in [-0.4, -0.2) is 15.8 Å². The maximum atomic E-state index is 5.28. The smallest absolute Gasteiger partial charge is 0.191 e. The molecule has 0 amide bonds. The third kappa shape index (κ3) is 4.10. The van der Waals surface area contributed by atoms with E-state index in [4.69, 9.17) is 12.2 Å². The number of hydrogen-bond donors (Lipinski definition) is 2. The predicted octanol–water partition coefficient (Wildman–Crippen LogP) is 3.41. The van der Waals surface area contributed by atoms with Crippen LogP contribution >= 0.6 is 12.2 Å². The van der Waals surface area contributed by atoms with Crippen LogP contribution in [0.15, 0.2) is 47.8 Å². The minimum Gasteiger partial charge on any atom is -0.331 e. The van der Waals surface area contributed by atoms with E-state index in [-0.39, 0.29) is 0 Å². The summed E-state index contributed by atoms with van der Waals surface area (Å²) in [6.45, 7) is 6.01. The first-order valence-corrected chi connectivity index (χ1v) is 7.06. The van der Waals surface area contributed by atoms with Gasteiger partial charge in [0, 0.05) is 23.6 Å². The second-order valence-corrected chi connectivity index (χ2v) is 5.17. The molecule has 0 radical (unpaired) electrons. The van der Waals surface area contributed by atoms with Crippen LogP contribution in [-0.2, 0) is 0 Å². The lowest BCUT2D eigenvalue weighted by Gasteiger charge is -2.13. The summed E-state index contributed by atoms with van der Waals surface area (Å²) in [6, 6.07) is 9.93. The zero-order chi connectivity index (χ0) is 15.2. The Balaban J connectivity index is 2.03. The Morgan fingerprint density at radius 3 is 2.33 bits per heavy atom. The fraction of sp³-hybridized carbons (Fsp3) is 0.188. The molecule has 0 aliphatic carbocycles. The van der Waals surface area contributed by atoms with E-state index in [9.17, 15) is 0 Å². The Hall–Kier alpha value is -2.27. The lowest BCUT2D eigenvalue weighted by Crippen LogP contribution is -2.25. The molecule has 4 nitrogen and oxygen atoms in total. The van der Waals surface area contributed by atoms with Gasteiger partial charge in [0.25, 0.3) is 0 Å². The summed E-state index contributed by atoms with van der Waals surface area (Å²) >= 11 is 5.28. The van der Waals surface area contributed by atoms with Crippen LogP contribution in [0.5, 0.6) is 0 Å². The molecule has 0 spiro atoms. The normalized spacial score (nSPS) is 11.1. The van der Waals surface area contributed by atoms with Gasteiger partial charge in [0.15, 0.2) is 5.11 Å². The number of aryl methyl sites for hydroxylation is 2. The first kappa shape index (κ1) is 15.1. The fourth-order valence-corrected chi connectivity index (χ4v) is 2.09. The summed E-state index contributed by atoms with van der Waals surface area (Å²) in [4.78, 5) is 3.98. The number of pyridine rings is 1. The lowest BCUT2D eigenvalue weighted by atomic mass is 10.1. The molecule has 0 aliphatic rings. The van der Waals surface area contributed by atoms with Gasteiger partial charge >= 0.3 is 0 Å². The van der Waals surface area contributed by atoms with Gasteiger partial charge < -0.3 is 5.32 Å². The molecule has 1 heterocycles. The summed E-state index contributed by atoms with van der Waals surface area (Å²) in [7, 11) is 0. The van der Waals surface area contributed by atoms with Crippen LogP contribution in [0.4, 0.5) is 5.69 Å². The van der Waals surface area contributed by atoms with Crippen molar-refractivity contribution < 1.29 is 0 Å². The van der Waals surface area contributed by atoms with Crippen molar-refractivity contribution in [2.45, 2.75) is 20.8 Å². The van der Waals surface area contributed by atoms with Crippen molar-refractivity contribution >= 4 is 28.7 Å². The predicted molar refractivity (Wildman–Crippen MR) is 91.7 cm³/mol. The fourth-order valence-electron chi connectivity index (χ4n) is 1.95. The third-order valence-corrected chi connectivity index (χ3v) is 3.34. The maximum absolute atomic E-state index is 5.28. The monoisotopic (exact) mass is 298 g/mol. The van der Waals surface area contributed by atoms with Crippen molar-refractivity contribution in [3.63, 3.8) is 0 Å². The van der Waals surface area contributed by atoms with E-state index in [1.54, 1.807) is 12.4 Å². The van der Waals surface area contributed by atoms with Crippen LogP contribution in [0.1, 0.15) is 23.6 Å². The number of hydrogen-bond acceptors (Lipinski definition) is 3. The number of rotatable bonds is 3. The number of hydrazone groups is 1. The van der Waals surface area contributed by atoms with E-state index in [2.05, 4.69) is 20.8 Å². The van der Waals surface area contributed by atoms with Crippen molar-refractivity contribution in [2.75, 3.05) is 5.32 Å². The Labute approximate surface area is 130 Å². The molecular weight excluding hydrogens is 280 g/mol. The molecule has 5 heteroatoms.